The van der Waals surface area contributed by atoms with E-state index >= 15 is 0 Å². The molecule has 0 spiro atoms. The van der Waals surface area contributed by atoms with Crippen molar-refractivity contribution in [3.05, 3.63) is 29.3 Å². The zero-order chi connectivity index (χ0) is 14.4. The van der Waals surface area contributed by atoms with Gasteiger partial charge in [-0.1, -0.05) is 13.0 Å². The highest BCUT2D eigenvalue weighted by atomic mass is 16.5. The summed E-state index contributed by atoms with van der Waals surface area (Å²) in [4.78, 5) is 33.7. The Morgan fingerprint density at radius 1 is 1.26 bits per heavy atom. The maximum atomic E-state index is 11.5. The normalized spacial score (nSPS) is 9.79. The number of rotatable bonds is 4. The molecule has 0 fully saturated rings. The molecule has 1 aromatic rings. The Morgan fingerprint density at radius 2 is 1.95 bits per heavy atom. The molecule has 102 valence electrons. The predicted molar refractivity (Wildman–Crippen MR) is 68.0 cm³/mol. The minimum absolute atomic E-state index is 0.0583. The monoisotopic (exact) mass is 265 g/mol. The lowest BCUT2D eigenvalue weighted by Gasteiger charge is -2.09. The van der Waals surface area contributed by atoms with Crippen molar-refractivity contribution in [1.29, 1.82) is 0 Å². The van der Waals surface area contributed by atoms with Gasteiger partial charge in [-0.05, 0) is 31.0 Å². The van der Waals surface area contributed by atoms with Crippen molar-refractivity contribution in [2.75, 3.05) is 11.9 Å². The fourth-order valence-corrected chi connectivity index (χ4v) is 1.47. The van der Waals surface area contributed by atoms with E-state index in [1.807, 2.05) is 6.92 Å². The minimum Gasteiger partial charge on any atom is -0.478 e. The largest absolute Gasteiger partial charge is 0.478 e. The van der Waals surface area contributed by atoms with E-state index in [0.29, 0.717) is 6.42 Å². The number of hydrogen-bond acceptors (Lipinski definition) is 4. The van der Waals surface area contributed by atoms with Crippen LogP contribution in [0.3, 0.4) is 0 Å². The summed E-state index contributed by atoms with van der Waals surface area (Å²) in [5, 5.41) is 11.3. The molecule has 19 heavy (non-hydrogen) atoms. The molecule has 0 heterocycles. The lowest BCUT2D eigenvalue weighted by molar-refractivity contribution is -0.152. The van der Waals surface area contributed by atoms with Crippen LogP contribution in [0, 0.1) is 0 Å². The van der Waals surface area contributed by atoms with Crippen molar-refractivity contribution >= 4 is 23.5 Å². The number of hydrogen-bond donors (Lipinski definition) is 2. The van der Waals surface area contributed by atoms with Gasteiger partial charge in [0.2, 0.25) is 0 Å². The van der Waals surface area contributed by atoms with E-state index in [1.54, 1.807) is 13.0 Å². The van der Waals surface area contributed by atoms with Crippen molar-refractivity contribution in [3.63, 3.8) is 0 Å². The predicted octanol–water partition coefficient (Wildman–Crippen LogP) is 1.45. The summed E-state index contributed by atoms with van der Waals surface area (Å²) in [5.41, 5.74) is 0.839. The molecule has 0 aliphatic heterocycles. The Kier molecular flexibility index (Phi) is 5.05. The Balaban J connectivity index is 2.97. The van der Waals surface area contributed by atoms with E-state index in [0.717, 1.165) is 5.56 Å². The van der Waals surface area contributed by atoms with Crippen LogP contribution in [0.2, 0.25) is 0 Å². The number of anilines is 1. The zero-order valence-electron chi connectivity index (χ0n) is 10.7. The molecular weight excluding hydrogens is 250 g/mol. The first-order chi connectivity index (χ1) is 8.99. The van der Waals surface area contributed by atoms with Crippen molar-refractivity contribution in [3.8, 4) is 0 Å². The van der Waals surface area contributed by atoms with Gasteiger partial charge in [0.15, 0.2) is 0 Å². The van der Waals surface area contributed by atoms with Crippen LogP contribution in [0.15, 0.2) is 18.2 Å². The number of carbonyl (C=O) groups excluding carboxylic acids is 2. The Bertz CT molecular complexity index is 510. The SMILES string of the molecule is CCOC(=O)C(=O)Nc1ccc(CC)cc1C(=O)O. The third-order valence-electron chi connectivity index (χ3n) is 2.43. The molecule has 6 nitrogen and oxygen atoms in total. The van der Waals surface area contributed by atoms with Gasteiger partial charge < -0.3 is 15.2 Å². The van der Waals surface area contributed by atoms with E-state index < -0.39 is 17.8 Å². The summed E-state index contributed by atoms with van der Waals surface area (Å²) in [5.74, 6) is -3.21. The molecule has 1 amide bonds. The molecule has 0 aliphatic carbocycles. The van der Waals surface area contributed by atoms with Gasteiger partial charge in [-0.3, -0.25) is 4.79 Å². The Labute approximate surface area is 110 Å². The molecule has 0 saturated carbocycles. The van der Waals surface area contributed by atoms with Crippen LogP contribution >= 0.6 is 0 Å². The summed E-state index contributed by atoms with van der Waals surface area (Å²) < 4.78 is 4.52. The molecular formula is C13H15NO5. The average molecular weight is 265 g/mol. The number of amides is 1. The van der Waals surface area contributed by atoms with Crippen molar-refractivity contribution in [2.24, 2.45) is 0 Å². The van der Waals surface area contributed by atoms with Gasteiger partial charge in [0, 0.05) is 0 Å². The van der Waals surface area contributed by atoms with Crippen molar-refractivity contribution < 1.29 is 24.2 Å². The Hall–Kier alpha value is -2.37. The second-order valence-corrected chi connectivity index (χ2v) is 3.71. The number of nitrogens with one attached hydrogen (secondary N) is 1. The molecule has 0 aliphatic rings. The smallest absolute Gasteiger partial charge is 0.397 e. The van der Waals surface area contributed by atoms with Gasteiger partial charge >= 0.3 is 17.8 Å². The van der Waals surface area contributed by atoms with Gasteiger partial charge in [-0.15, -0.1) is 0 Å². The van der Waals surface area contributed by atoms with Crippen LogP contribution in [0.4, 0.5) is 5.69 Å². The summed E-state index contributed by atoms with van der Waals surface area (Å²) in [6, 6.07) is 4.61. The van der Waals surface area contributed by atoms with Crippen LogP contribution in [-0.4, -0.2) is 29.6 Å². The van der Waals surface area contributed by atoms with Crippen LogP contribution < -0.4 is 5.32 Å². The van der Waals surface area contributed by atoms with Gasteiger partial charge in [-0.25, -0.2) is 9.59 Å². The number of carboxylic acids is 1. The van der Waals surface area contributed by atoms with Crippen LogP contribution in [0.5, 0.6) is 0 Å². The molecule has 0 bridgehead atoms. The van der Waals surface area contributed by atoms with E-state index in [2.05, 4.69) is 10.1 Å². The van der Waals surface area contributed by atoms with Crippen LogP contribution in [0.1, 0.15) is 29.8 Å². The summed E-state index contributed by atoms with van der Waals surface area (Å²) >= 11 is 0. The number of aromatic carboxylic acids is 1. The highest BCUT2D eigenvalue weighted by molar-refractivity contribution is 6.37. The molecule has 0 atom stereocenters. The fraction of sp³-hybridized carbons (Fsp3) is 0.308. The van der Waals surface area contributed by atoms with Gasteiger partial charge in [-0.2, -0.15) is 0 Å². The molecule has 0 aromatic heterocycles. The molecule has 0 unspecified atom stereocenters. The lowest BCUT2D eigenvalue weighted by Crippen LogP contribution is -2.26. The molecule has 1 aromatic carbocycles. The van der Waals surface area contributed by atoms with Gasteiger partial charge in [0.05, 0.1) is 17.9 Å². The lowest BCUT2D eigenvalue weighted by atomic mass is 10.1. The molecule has 6 heteroatoms. The average Bonchev–Trinajstić information content (AvgIpc) is 2.39. The van der Waals surface area contributed by atoms with Gasteiger partial charge in [0.25, 0.3) is 0 Å². The maximum absolute atomic E-state index is 11.5. The van der Waals surface area contributed by atoms with Crippen LogP contribution in [-0.2, 0) is 20.7 Å². The summed E-state index contributed by atoms with van der Waals surface area (Å²) in [6.07, 6.45) is 0.673. The highest BCUT2D eigenvalue weighted by Crippen LogP contribution is 2.18. The number of benzene rings is 1. The highest BCUT2D eigenvalue weighted by Gasteiger charge is 2.18. The first-order valence-corrected chi connectivity index (χ1v) is 5.83. The third-order valence-corrected chi connectivity index (χ3v) is 2.43. The third kappa shape index (κ3) is 3.80. The molecule has 2 N–H and O–H groups in total. The number of carboxylic acid groups (broad SMARTS) is 1. The second kappa shape index (κ2) is 6.53. The maximum Gasteiger partial charge on any atom is 0.397 e. The number of esters is 1. The minimum atomic E-state index is -1.17. The van der Waals surface area contributed by atoms with E-state index in [9.17, 15) is 14.4 Å². The number of carbonyl (C=O) groups is 3. The molecule has 0 saturated heterocycles. The Morgan fingerprint density at radius 3 is 2.47 bits per heavy atom. The first-order valence-electron chi connectivity index (χ1n) is 5.83. The van der Waals surface area contributed by atoms with Crippen molar-refractivity contribution in [1.82, 2.24) is 0 Å². The van der Waals surface area contributed by atoms with Crippen molar-refractivity contribution in [2.45, 2.75) is 20.3 Å². The topological polar surface area (TPSA) is 92.7 Å². The van der Waals surface area contributed by atoms with E-state index in [4.69, 9.17) is 5.11 Å². The standard InChI is InChI=1S/C13H15NO5/c1-3-8-5-6-10(9(7-8)12(16)17)14-11(15)13(18)19-4-2/h5-7H,3-4H2,1-2H3,(H,14,15)(H,16,17). The van der Waals surface area contributed by atoms with Gasteiger partial charge in [0.1, 0.15) is 0 Å². The zero-order valence-corrected chi connectivity index (χ0v) is 10.7. The first kappa shape index (κ1) is 14.7. The number of ether oxygens (including phenoxy) is 1. The molecule has 1 rings (SSSR count). The quantitative estimate of drug-likeness (QED) is 0.635. The second-order valence-electron chi connectivity index (χ2n) is 3.71. The fourth-order valence-electron chi connectivity index (χ4n) is 1.47. The van der Waals surface area contributed by atoms with E-state index in [1.165, 1.54) is 12.1 Å². The number of aryl methyl sites for hydroxylation is 1. The van der Waals surface area contributed by atoms with Crippen LogP contribution in [0.25, 0.3) is 0 Å². The molecule has 0 radical (unpaired) electrons. The van der Waals surface area contributed by atoms with E-state index in [-0.39, 0.29) is 17.9 Å². The summed E-state index contributed by atoms with van der Waals surface area (Å²) in [6.45, 7) is 3.54. The summed E-state index contributed by atoms with van der Waals surface area (Å²) in [7, 11) is 0.